The van der Waals surface area contributed by atoms with Gasteiger partial charge in [-0.3, -0.25) is 4.79 Å². The molecule has 1 aliphatic heterocycles. The lowest BCUT2D eigenvalue weighted by atomic mass is 9.82. The molecule has 0 saturated carbocycles. The van der Waals surface area contributed by atoms with Crippen LogP contribution >= 0.6 is 0 Å². The quantitative estimate of drug-likeness (QED) is 0.319. The second kappa shape index (κ2) is 10.9. The van der Waals surface area contributed by atoms with Gasteiger partial charge in [-0.05, 0) is 70.5 Å². The van der Waals surface area contributed by atoms with E-state index in [2.05, 4.69) is 61.8 Å². The number of ether oxygens (including phenoxy) is 2. The highest BCUT2D eigenvalue weighted by Crippen LogP contribution is 2.50. The third-order valence-corrected chi connectivity index (χ3v) is 6.83. The summed E-state index contributed by atoms with van der Waals surface area (Å²) in [5.74, 6) is 0.614. The number of anilines is 2. The van der Waals surface area contributed by atoms with E-state index in [9.17, 15) is 4.79 Å². The number of rotatable bonds is 9. The van der Waals surface area contributed by atoms with Crippen molar-refractivity contribution in [2.24, 2.45) is 0 Å². The van der Waals surface area contributed by atoms with Crippen molar-refractivity contribution < 1.29 is 14.3 Å². The topological polar surface area (TPSA) is 42.0 Å². The molecule has 3 aromatic rings. The van der Waals surface area contributed by atoms with E-state index in [0.29, 0.717) is 18.1 Å². The first-order valence-corrected chi connectivity index (χ1v) is 12.8. The molecule has 1 unspecified atom stereocenters. The molecule has 184 valence electrons. The summed E-state index contributed by atoms with van der Waals surface area (Å²) < 4.78 is 11.9. The molecule has 0 fully saturated rings. The number of nitrogens with zero attached hydrogens (tertiary/aromatic N) is 2. The van der Waals surface area contributed by atoms with Crippen LogP contribution in [0.5, 0.6) is 11.5 Å². The van der Waals surface area contributed by atoms with Crippen LogP contribution in [0, 0.1) is 0 Å². The molecule has 5 nitrogen and oxygen atoms in total. The highest BCUT2D eigenvalue weighted by molar-refractivity contribution is 5.92. The summed E-state index contributed by atoms with van der Waals surface area (Å²) in [6.07, 6.45) is 0. The predicted octanol–water partition coefficient (Wildman–Crippen LogP) is 6.85. The van der Waals surface area contributed by atoms with Crippen LogP contribution in [-0.2, 0) is 9.53 Å². The molecule has 3 aromatic carbocycles. The summed E-state index contributed by atoms with van der Waals surface area (Å²) in [7, 11) is 0. The molecule has 1 heterocycles. The fourth-order valence-electron chi connectivity index (χ4n) is 5.09. The fraction of sp³-hybridized carbons (Fsp3) is 0.367. The average molecular weight is 473 g/mol. The molecule has 0 radical (unpaired) electrons. The van der Waals surface area contributed by atoms with E-state index >= 15 is 0 Å². The maximum Gasteiger partial charge on any atom is 0.318 e. The van der Waals surface area contributed by atoms with Crippen molar-refractivity contribution in [3.63, 3.8) is 0 Å². The standard InChI is InChI=1S/C30H36N2O3/c1-6-31(7-2)21-18-19-25(32(8-3)9-4)24(20-21)22-15-13-17-27-28(22)29(30(33)34-10-5)23-14-11-12-16-26(23)35-27/h11-20,29H,6-10H2,1-5H3. The Balaban J connectivity index is 1.99. The number of carbonyl (C=O) groups excluding carboxylic acids is 1. The van der Waals surface area contributed by atoms with Gasteiger partial charge in [0.05, 0.1) is 6.61 Å². The van der Waals surface area contributed by atoms with Crippen LogP contribution in [0.4, 0.5) is 11.4 Å². The Morgan fingerprint density at radius 1 is 0.800 bits per heavy atom. The van der Waals surface area contributed by atoms with Crippen molar-refractivity contribution in [3.8, 4) is 22.6 Å². The molecule has 1 atom stereocenters. The SMILES string of the molecule is CCOC(=O)C1c2ccccc2Oc2cccc(-c3cc(N(CC)CC)ccc3N(CC)CC)c21. The zero-order valence-corrected chi connectivity index (χ0v) is 21.5. The van der Waals surface area contributed by atoms with Crippen LogP contribution in [0.3, 0.4) is 0 Å². The smallest absolute Gasteiger partial charge is 0.318 e. The Bertz CT molecular complexity index is 1180. The average Bonchev–Trinajstić information content (AvgIpc) is 2.89. The normalized spacial score (nSPS) is 13.9. The Kier molecular flexibility index (Phi) is 7.64. The summed E-state index contributed by atoms with van der Waals surface area (Å²) in [4.78, 5) is 18.1. The number of hydrogen-bond acceptors (Lipinski definition) is 5. The second-order valence-corrected chi connectivity index (χ2v) is 8.59. The first-order valence-electron chi connectivity index (χ1n) is 12.8. The Labute approximate surface area is 209 Å². The van der Waals surface area contributed by atoms with Crippen molar-refractivity contribution in [1.82, 2.24) is 0 Å². The molecule has 0 aliphatic carbocycles. The van der Waals surface area contributed by atoms with Gasteiger partial charge < -0.3 is 19.3 Å². The van der Waals surface area contributed by atoms with Crippen LogP contribution in [-0.4, -0.2) is 38.8 Å². The van der Waals surface area contributed by atoms with E-state index in [4.69, 9.17) is 9.47 Å². The number of para-hydroxylation sites is 1. The number of carbonyl (C=O) groups is 1. The Morgan fingerprint density at radius 3 is 2.17 bits per heavy atom. The van der Waals surface area contributed by atoms with Gasteiger partial charge >= 0.3 is 5.97 Å². The van der Waals surface area contributed by atoms with Crippen LogP contribution in [0.15, 0.2) is 60.7 Å². The lowest BCUT2D eigenvalue weighted by Gasteiger charge is -2.31. The van der Waals surface area contributed by atoms with Gasteiger partial charge in [0.25, 0.3) is 0 Å². The highest BCUT2D eigenvalue weighted by atomic mass is 16.5. The van der Waals surface area contributed by atoms with E-state index in [1.54, 1.807) is 0 Å². The van der Waals surface area contributed by atoms with E-state index in [0.717, 1.165) is 54.1 Å². The molecule has 5 heteroatoms. The summed E-state index contributed by atoms with van der Waals surface area (Å²) in [6.45, 7) is 14.5. The molecule has 0 aromatic heterocycles. The molecular formula is C30H36N2O3. The summed E-state index contributed by atoms with van der Waals surface area (Å²) in [6, 6.07) is 20.5. The van der Waals surface area contributed by atoms with Crippen molar-refractivity contribution in [2.75, 3.05) is 42.6 Å². The summed E-state index contributed by atoms with van der Waals surface area (Å²) in [5, 5.41) is 0. The second-order valence-electron chi connectivity index (χ2n) is 8.59. The minimum absolute atomic E-state index is 0.249. The van der Waals surface area contributed by atoms with Gasteiger partial charge in [0.15, 0.2) is 0 Å². The first-order chi connectivity index (χ1) is 17.1. The molecule has 0 spiro atoms. The maximum atomic E-state index is 13.4. The monoisotopic (exact) mass is 472 g/mol. The number of esters is 1. The van der Waals surface area contributed by atoms with E-state index in [-0.39, 0.29) is 5.97 Å². The number of hydrogen-bond donors (Lipinski definition) is 0. The van der Waals surface area contributed by atoms with Gasteiger partial charge in [-0.2, -0.15) is 0 Å². The van der Waals surface area contributed by atoms with Gasteiger partial charge in [-0.25, -0.2) is 0 Å². The highest BCUT2D eigenvalue weighted by Gasteiger charge is 2.36. The van der Waals surface area contributed by atoms with Crippen molar-refractivity contribution >= 4 is 17.3 Å². The molecule has 0 N–H and O–H groups in total. The fourth-order valence-corrected chi connectivity index (χ4v) is 5.09. The van der Waals surface area contributed by atoms with E-state index < -0.39 is 5.92 Å². The van der Waals surface area contributed by atoms with Crippen molar-refractivity contribution in [3.05, 3.63) is 71.8 Å². The molecule has 4 rings (SSSR count). The Hall–Kier alpha value is -3.47. The minimum atomic E-state index is -0.548. The van der Waals surface area contributed by atoms with Gasteiger partial charge in [0, 0.05) is 54.2 Å². The van der Waals surface area contributed by atoms with Gasteiger partial charge in [0.2, 0.25) is 0 Å². The zero-order valence-electron chi connectivity index (χ0n) is 21.5. The van der Waals surface area contributed by atoms with Crippen LogP contribution in [0.1, 0.15) is 51.7 Å². The zero-order chi connectivity index (χ0) is 24.9. The molecular weight excluding hydrogens is 436 g/mol. The third kappa shape index (κ3) is 4.60. The minimum Gasteiger partial charge on any atom is -0.465 e. The van der Waals surface area contributed by atoms with Gasteiger partial charge in [-0.15, -0.1) is 0 Å². The van der Waals surface area contributed by atoms with Crippen LogP contribution in [0.2, 0.25) is 0 Å². The van der Waals surface area contributed by atoms with E-state index in [1.165, 1.54) is 5.69 Å². The Morgan fingerprint density at radius 2 is 1.49 bits per heavy atom. The summed E-state index contributed by atoms with van der Waals surface area (Å²) >= 11 is 0. The maximum absolute atomic E-state index is 13.4. The molecule has 35 heavy (non-hydrogen) atoms. The molecule has 0 bridgehead atoms. The number of fused-ring (bicyclic) bond motifs is 2. The third-order valence-electron chi connectivity index (χ3n) is 6.83. The lowest BCUT2D eigenvalue weighted by Crippen LogP contribution is -2.25. The van der Waals surface area contributed by atoms with Gasteiger partial charge in [0.1, 0.15) is 17.4 Å². The van der Waals surface area contributed by atoms with Crippen LogP contribution < -0.4 is 14.5 Å². The van der Waals surface area contributed by atoms with Crippen molar-refractivity contribution in [1.29, 1.82) is 0 Å². The molecule has 0 saturated heterocycles. The lowest BCUT2D eigenvalue weighted by molar-refractivity contribution is -0.144. The predicted molar refractivity (Wildman–Crippen MR) is 144 cm³/mol. The molecule has 0 amide bonds. The van der Waals surface area contributed by atoms with Crippen molar-refractivity contribution in [2.45, 2.75) is 40.5 Å². The van der Waals surface area contributed by atoms with Crippen LogP contribution in [0.25, 0.3) is 11.1 Å². The summed E-state index contributed by atoms with van der Waals surface area (Å²) in [5.41, 5.74) is 6.15. The number of benzene rings is 3. The molecule has 1 aliphatic rings. The van der Waals surface area contributed by atoms with Gasteiger partial charge in [-0.1, -0.05) is 30.3 Å². The first kappa shape index (κ1) is 24.6. The largest absolute Gasteiger partial charge is 0.465 e. The van der Waals surface area contributed by atoms with E-state index in [1.807, 2.05) is 43.3 Å².